The highest BCUT2D eigenvalue weighted by molar-refractivity contribution is 14.1. The maximum absolute atomic E-state index is 12.1. The third-order valence-corrected chi connectivity index (χ3v) is 4.31. The Morgan fingerprint density at radius 1 is 1.32 bits per heavy atom. The molecule has 1 aliphatic heterocycles. The lowest BCUT2D eigenvalue weighted by molar-refractivity contribution is 0.0234. The number of nitrogens with zero attached hydrogens (tertiary/aromatic N) is 1. The Labute approximate surface area is 128 Å². The highest BCUT2D eigenvalue weighted by atomic mass is 127. The van der Waals surface area contributed by atoms with Crippen molar-refractivity contribution in [2.24, 2.45) is 0 Å². The normalized spacial score (nSPS) is 18.0. The number of benzene rings is 1. The molecule has 1 heterocycles. The van der Waals surface area contributed by atoms with Gasteiger partial charge in [-0.3, -0.25) is 4.90 Å². The fraction of sp³-hybridized carbons (Fsp3) is 0.533. The molecule has 1 saturated heterocycles. The van der Waals surface area contributed by atoms with Crippen LogP contribution >= 0.6 is 22.6 Å². The summed E-state index contributed by atoms with van der Waals surface area (Å²) >= 11 is 2.17. The maximum atomic E-state index is 12.1. The summed E-state index contributed by atoms with van der Waals surface area (Å²) in [7, 11) is 0. The van der Waals surface area contributed by atoms with E-state index in [0.29, 0.717) is 5.56 Å². The van der Waals surface area contributed by atoms with Gasteiger partial charge in [0.25, 0.3) is 0 Å². The van der Waals surface area contributed by atoms with Crippen molar-refractivity contribution in [3.05, 3.63) is 33.4 Å². The summed E-state index contributed by atoms with van der Waals surface area (Å²) in [4.78, 5) is 14.5. The molecule has 0 aromatic heterocycles. The van der Waals surface area contributed by atoms with Crippen LogP contribution < -0.4 is 0 Å². The van der Waals surface area contributed by atoms with Crippen molar-refractivity contribution in [1.29, 1.82) is 0 Å². The van der Waals surface area contributed by atoms with Crippen molar-refractivity contribution < 1.29 is 9.53 Å². The predicted octanol–water partition coefficient (Wildman–Crippen LogP) is 3.32. The number of carbonyl (C=O) groups is 1. The van der Waals surface area contributed by atoms with Gasteiger partial charge in [-0.2, -0.15) is 0 Å². The van der Waals surface area contributed by atoms with Crippen molar-refractivity contribution >= 4 is 28.6 Å². The van der Waals surface area contributed by atoms with Gasteiger partial charge in [0.05, 0.1) is 5.56 Å². The summed E-state index contributed by atoms with van der Waals surface area (Å²) in [5.41, 5.74) is 0.661. The molecule has 0 saturated carbocycles. The summed E-state index contributed by atoms with van der Waals surface area (Å²) in [5, 5.41) is 0. The number of ether oxygens (including phenoxy) is 1. The minimum Gasteiger partial charge on any atom is -0.458 e. The zero-order valence-corrected chi connectivity index (χ0v) is 13.4. The van der Waals surface area contributed by atoms with Gasteiger partial charge in [0, 0.05) is 10.1 Å². The van der Waals surface area contributed by atoms with Gasteiger partial charge < -0.3 is 4.74 Å². The number of likely N-dealkylation sites (tertiary alicyclic amines) is 1. The molecular weight excluding hydrogens is 353 g/mol. The van der Waals surface area contributed by atoms with Crippen LogP contribution in [0.5, 0.6) is 0 Å². The number of hydrogen-bond donors (Lipinski definition) is 0. The highest BCUT2D eigenvalue weighted by Gasteiger charge is 2.18. The average Bonchev–Trinajstić information content (AvgIpc) is 2.40. The van der Waals surface area contributed by atoms with Crippen LogP contribution in [0.1, 0.15) is 36.5 Å². The van der Waals surface area contributed by atoms with Crippen LogP contribution in [0.4, 0.5) is 0 Å². The van der Waals surface area contributed by atoms with Gasteiger partial charge >= 0.3 is 5.97 Å². The monoisotopic (exact) mass is 373 g/mol. The molecule has 0 aliphatic carbocycles. The first-order valence-corrected chi connectivity index (χ1v) is 7.92. The third kappa shape index (κ3) is 4.45. The molecule has 0 radical (unpaired) electrons. The van der Waals surface area contributed by atoms with Crippen LogP contribution in [0, 0.1) is 3.57 Å². The molecule has 3 nitrogen and oxygen atoms in total. The fourth-order valence-electron chi connectivity index (χ4n) is 2.42. The van der Waals surface area contributed by atoms with Crippen molar-refractivity contribution in [1.82, 2.24) is 4.90 Å². The number of hydrogen-bond acceptors (Lipinski definition) is 3. The van der Waals surface area contributed by atoms with Crippen LogP contribution in [0.2, 0.25) is 0 Å². The molecule has 1 aromatic carbocycles. The molecule has 2 rings (SSSR count). The van der Waals surface area contributed by atoms with Gasteiger partial charge in [-0.25, -0.2) is 4.79 Å². The molecule has 1 aliphatic rings. The van der Waals surface area contributed by atoms with Crippen LogP contribution in [0.25, 0.3) is 0 Å². The number of rotatable bonds is 4. The second-order valence-corrected chi connectivity index (χ2v) is 6.22. The van der Waals surface area contributed by atoms with E-state index in [0.717, 1.165) is 23.2 Å². The summed E-state index contributed by atoms with van der Waals surface area (Å²) in [6, 6.07) is 7.54. The number of piperidine rings is 1. The van der Waals surface area contributed by atoms with E-state index in [1.165, 1.54) is 19.3 Å². The molecule has 1 fully saturated rings. The Morgan fingerprint density at radius 3 is 2.68 bits per heavy atom. The van der Waals surface area contributed by atoms with Crippen LogP contribution in [0.3, 0.4) is 0 Å². The van der Waals surface area contributed by atoms with E-state index in [1.807, 2.05) is 31.2 Å². The van der Waals surface area contributed by atoms with E-state index < -0.39 is 0 Å². The molecule has 1 aromatic rings. The predicted molar refractivity (Wildman–Crippen MR) is 84.3 cm³/mol. The molecule has 0 spiro atoms. The SMILES string of the molecule is C[C@H](CN1CCCCC1)OC(=O)c1ccccc1I. The Kier molecular flexibility index (Phi) is 5.63. The van der Waals surface area contributed by atoms with Gasteiger partial charge in [-0.1, -0.05) is 18.6 Å². The first-order valence-electron chi connectivity index (χ1n) is 6.84. The van der Waals surface area contributed by atoms with Crippen molar-refractivity contribution in [3.8, 4) is 0 Å². The largest absolute Gasteiger partial charge is 0.458 e. The first kappa shape index (κ1) is 14.8. The minimum atomic E-state index is -0.213. The smallest absolute Gasteiger partial charge is 0.339 e. The zero-order valence-electron chi connectivity index (χ0n) is 11.3. The van der Waals surface area contributed by atoms with Crippen LogP contribution in [0.15, 0.2) is 24.3 Å². The topological polar surface area (TPSA) is 29.5 Å². The van der Waals surface area contributed by atoms with E-state index in [9.17, 15) is 4.79 Å². The third-order valence-electron chi connectivity index (χ3n) is 3.37. The van der Waals surface area contributed by atoms with Gasteiger partial charge in [-0.05, 0) is 67.6 Å². The molecule has 4 heteroatoms. The lowest BCUT2D eigenvalue weighted by atomic mass is 10.1. The minimum absolute atomic E-state index is 0.0541. The quantitative estimate of drug-likeness (QED) is 0.599. The van der Waals surface area contributed by atoms with Crippen LogP contribution in [-0.2, 0) is 4.74 Å². The van der Waals surface area contributed by atoms with Crippen LogP contribution in [-0.4, -0.2) is 36.6 Å². The Balaban J connectivity index is 1.86. The number of halogens is 1. The molecule has 0 bridgehead atoms. The lowest BCUT2D eigenvalue weighted by Crippen LogP contribution is -2.37. The molecule has 19 heavy (non-hydrogen) atoms. The zero-order chi connectivity index (χ0) is 13.7. The second-order valence-electron chi connectivity index (χ2n) is 5.06. The highest BCUT2D eigenvalue weighted by Crippen LogP contribution is 2.15. The summed E-state index contributed by atoms with van der Waals surface area (Å²) in [6.07, 6.45) is 3.79. The molecule has 0 unspecified atom stereocenters. The number of carbonyl (C=O) groups excluding carboxylic acids is 1. The van der Waals surface area contributed by atoms with Gasteiger partial charge in [0.15, 0.2) is 0 Å². The van der Waals surface area contributed by atoms with Crippen molar-refractivity contribution in [3.63, 3.8) is 0 Å². The molecule has 0 N–H and O–H groups in total. The lowest BCUT2D eigenvalue weighted by Gasteiger charge is -2.28. The average molecular weight is 373 g/mol. The van der Waals surface area contributed by atoms with E-state index in [-0.39, 0.29) is 12.1 Å². The summed E-state index contributed by atoms with van der Waals surface area (Å²) in [5.74, 6) is -0.213. The van der Waals surface area contributed by atoms with E-state index in [2.05, 4.69) is 27.5 Å². The first-order chi connectivity index (χ1) is 9.16. The van der Waals surface area contributed by atoms with E-state index >= 15 is 0 Å². The summed E-state index contributed by atoms with van der Waals surface area (Å²) < 4.78 is 6.47. The Hall–Kier alpha value is -0.620. The second kappa shape index (κ2) is 7.24. The number of esters is 1. The standard InChI is InChI=1S/C15H20INO2/c1-12(11-17-9-5-2-6-10-17)19-15(18)13-7-3-4-8-14(13)16/h3-4,7-8,12H,2,5-6,9-11H2,1H3/t12-/m1/s1. The fourth-order valence-corrected chi connectivity index (χ4v) is 3.02. The van der Waals surface area contributed by atoms with Gasteiger partial charge in [0.2, 0.25) is 0 Å². The molecule has 1 atom stereocenters. The van der Waals surface area contributed by atoms with Crippen molar-refractivity contribution in [2.75, 3.05) is 19.6 Å². The maximum Gasteiger partial charge on any atom is 0.339 e. The summed E-state index contributed by atoms with van der Waals surface area (Å²) in [6.45, 7) is 5.08. The van der Waals surface area contributed by atoms with Crippen molar-refractivity contribution in [2.45, 2.75) is 32.3 Å². The van der Waals surface area contributed by atoms with Gasteiger partial charge in [-0.15, -0.1) is 0 Å². The van der Waals surface area contributed by atoms with E-state index in [4.69, 9.17) is 4.74 Å². The Bertz CT molecular complexity index is 430. The van der Waals surface area contributed by atoms with Gasteiger partial charge in [0.1, 0.15) is 6.10 Å². The van der Waals surface area contributed by atoms with E-state index in [1.54, 1.807) is 0 Å². The molecule has 0 amide bonds. The molecule has 104 valence electrons. The Morgan fingerprint density at radius 2 is 2.00 bits per heavy atom. The molecular formula is C15H20INO2.